The highest BCUT2D eigenvalue weighted by Gasteiger charge is 2.32. The maximum atomic E-state index is 13.6. The largest absolute Gasteiger partial charge is 0.492 e. The molecule has 1 saturated heterocycles. The lowest BCUT2D eigenvalue weighted by Gasteiger charge is -2.37. The van der Waals surface area contributed by atoms with Crippen LogP contribution in [0.3, 0.4) is 0 Å². The molecule has 0 aliphatic carbocycles. The number of aryl methyl sites for hydroxylation is 1. The van der Waals surface area contributed by atoms with E-state index in [0.717, 1.165) is 42.8 Å². The van der Waals surface area contributed by atoms with Crippen LogP contribution in [0.4, 0.5) is 4.39 Å². The molecule has 1 fully saturated rings. The molecular weight excluding hydrogens is 411 g/mol. The quantitative estimate of drug-likeness (QED) is 0.479. The Bertz CT molecular complexity index is 1160. The van der Waals surface area contributed by atoms with Crippen LogP contribution in [0.15, 0.2) is 54.6 Å². The van der Waals surface area contributed by atoms with E-state index >= 15 is 0 Å². The van der Waals surface area contributed by atoms with E-state index in [1.54, 1.807) is 0 Å². The summed E-state index contributed by atoms with van der Waals surface area (Å²) in [5.74, 6) is 1.15. The maximum absolute atomic E-state index is 13.6. The first-order chi connectivity index (χ1) is 15.1. The molecule has 31 heavy (non-hydrogen) atoms. The number of likely N-dealkylation sites (tertiary alicyclic amines) is 1. The van der Waals surface area contributed by atoms with Crippen molar-refractivity contribution in [1.82, 2.24) is 19.5 Å². The van der Waals surface area contributed by atoms with Crippen molar-refractivity contribution in [2.75, 3.05) is 13.1 Å². The van der Waals surface area contributed by atoms with Gasteiger partial charge >= 0.3 is 0 Å². The van der Waals surface area contributed by atoms with Crippen LogP contribution in [0.5, 0.6) is 5.88 Å². The Morgan fingerprint density at radius 2 is 1.81 bits per heavy atom. The summed E-state index contributed by atoms with van der Waals surface area (Å²) >= 11 is 1.45. The van der Waals surface area contributed by atoms with Crippen LogP contribution >= 0.6 is 11.3 Å². The number of hydrogen-bond acceptors (Lipinski definition) is 5. The lowest BCUT2D eigenvalue weighted by molar-refractivity contribution is 0.150. The standard InChI is InChI=1S/C24H25FN4OS/c1-16-26-24-29(27-16)23(30)22(31-24)21(19-7-9-20(25)10-8-19)28-13-11-18(12-14-28)15-17-5-3-2-4-6-17/h2-10,18,21,30H,11-15H2,1H3. The number of rotatable bonds is 5. The highest BCUT2D eigenvalue weighted by atomic mass is 32.1. The van der Waals surface area contributed by atoms with E-state index in [-0.39, 0.29) is 17.7 Å². The molecule has 1 aliphatic rings. The molecule has 0 amide bonds. The van der Waals surface area contributed by atoms with E-state index < -0.39 is 0 Å². The normalized spacial score (nSPS) is 16.7. The van der Waals surface area contributed by atoms with Gasteiger partial charge in [-0.05, 0) is 68.5 Å². The molecule has 5 rings (SSSR count). The molecule has 1 aliphatic heterocycles. The van der Waals surface area contributed by atoms with Gasteiger partial charge in [0.15, 0.2) is 0 Å². The SMILES string of the molecule is Cc1nc2sc(C(c3ccc(F)cc3)N3CCC(Cc4ccccc4)CC3)c(O)n2n1. The Hall–Kier alpha value is -2.77. The molecule has 4 aromatic rings. The molecule has 2 aromatic carbocycles. The van der Waals surface area contributed by atoms with Gasteiger partial charge in [0, 0.05) is 0 Å². The number of fused-ring (bicyclic) bond motifs is 1. The minimum absolute atomic E-state index is 0.126. The molecule has 0 spiro atoms. The first kappa shape index (κ1) is 20.2. The van der Waals surface area contributed by atoms with Crippen molar-refractivity contribution < 1.29 is 9.50 Å². The van der Waals surface area contributed by atoms with Gasteiger partial charge in [0.2, 0.25) is 10.8 Å². The molecule has 0 radical (unpaired) electrons. The minimum atomic E-state index is -0.258. The summed E-state index contributed by atoms with van der Waals surface area (Å²) in [6, 6.07) is 17.1. The van der Waals surface area contributed by atoms with Crippen LogP contribution in [0.2, 0.25) is 0 Å². The fourth-order valence-electron chi connectivity index (χ4n) is 4.56. The Morgan fingerprint density at radius 1 is 1.10 bits per heavy atom. The van der Waals surface area contributed by atoms with Crippen LogP contribution < -0.4 is 0 Å². The zero-order valence-electron chi connectivity index (χ0n) is 17.4. The van der Waals surface area contributed by atoms with Crippen molar-refractivity contribution >= 4 is 16.3 Å². The van der Waals surface area contributed by atoms with Gasteiger partial charge in [-0.1, -0.05) is 53.8 Å². The predicted molar refractivity (Wildman–Crippen MR) is 120 cm³/mol. The zero-order chi connectivity index (χ0) is 21.4. The second kappa shape index (κ2) is 8.40. The molecule has 0 bridgehead atoms. The second-order valence-corrected chi connectivity index (χ2v) is 9.28. The van der Waals surface area contributed by atoms with E-state index in [2.05, 4.69) is 45.3 Å². The molecule has 2 aromatic heterocycles. The van der Waals surface area contributed by atoms with E-state index in [0.29, 0.717) is 16.7 Å². The zero-order valence-corrected chi connectivity index (χ0v) is 18.2. The smallest absolute Gasteiger partial charge is 0.230 e. The molecule has 0 saturated carbocycles. The third kappa shape index (κ3) is 4.07. The first-order valence-electron chi connectivity index (χ1n) is 10.7. The molecule has 160 valence electrons. The number of piperidine rings is 1. The summed E-state index contributed by atoms with van der Waals surface area (Å²) < 4.78 is 15.1. The Morgan fingerprint density at radius 3 is 2.48 bits per heavy atom. The molecule has 1 atom stereocenters. The third-order valence-corrected chi connectivity index (χ3v) is 7.19. The number of thiazole rings is 1. The average molecular weight is 437 g/mol. The highest BCUT2D eigenvalue weighted by molar-refractivity contribution is 7.17. The third-order valence-electron chi connectivity index (χ3n) is 6.12. The van der Waals surface area contributed by atoms with Gasteiger partial charge in [-0.25, -0.2) is 9.37 Å². The summed E-state index contributed by atoms with van der Waals surface area (Å²) in [5, 5.41) is 15.3. The molecule has 1 unspecified atom stereocenters. The molecule has 5 nitrogen and oxygen atoms in total. The number of hydrogen-bond donors (Lipinski definition) is 1. The topological polar surface area (TPSA) is 53.7 Å². The van der Waals surface area contributed by atoms with Crippen LogP contribution in [-0.4, -0.2) is 37.7 Å². The molecular formula is C24H25FN4OS. The van der Waals surface area contributed by atoms with Crippen LogP contribution in [0.1, 0.15) is 40.7 Å². The first-order valence-corrected chi connectivity index (χ1v) is 11.5. The fourth-order valence-corrected chi connectivity index (χ4v) is 5.72. The lowest BCUT2D eigenvalue weighted by Crippen LogP contribution is -2.37. The number of nitrogens with zero attached hydrogens (tertiary/aromatic N) is 4. The van der Waals surface area contributed by atoms with E-state index in [4.69, 9.17) is 0 Å². The average Bonchev–Trinajstić information content (AvgIpc) is 3.29. The summed E-state index contributed by atoms with van der Waals surface area (Å²) in [4.78, 5) is 8.30. The van der Waals surface area contributed by atoms with E-state index in [9.17, 15) is 9.50 Å². The summed E-state index contributed by atoms with van der Waals surface area (Å²) in [7, 11) is 0. The monoisotopic (exact) mass is 436 g/mol. The van der Waals surface area contributed by atoms with Gasteiger partial charge in [-0.2, -0.15) is 4.52 Å². The number of aromatic nitrogens is 3. The highest BCUT2D eigenvalue weighted by Crippen LogP contribution is 2.41. The van der Waals surface area contributed by atoms with Gasteiger partial charge in [-0.3, -0.25) is 4.90 Å². The van der Waals surface area contributed by atoms with Crippen molar-refractivity contribution in [3.8, 4) is 5.88 Å². The minimum Gasteiger partial charge on any atom is -0.492 e. The van der Waals surface area contributed by atoms with Crippen molar-refractivity contribution in [2.45, 2.75) is 32.2 Å². The van der Waals surface area contributed by atoms with Crippen molar-refractivity contribution in [1.29, 1.82) is 0 Å². The van der Waals surface area contributed by atoms with Crippen molar-refractivity contribution in [2.24, 2.45) is 5.92 Å². The molecule has 7 heteroatoms. The van der Waals surface area contributed by atoms with Crippen LogP contribution in [-0.2, 0) is 6.42 Å². The van der Waals surface area contributed by atoms with E-state index in [1.165, 1.54) is 33.5 Å². The van der Waals surface area contributed by atoms with Gasteiger partial charge in [0.05, 0.1) is 10.9 Å². The summed E-state index contributed by atoms with van der Waals surface area (Å²) in [6.45, 7) is 3.66. The van der Waals surface area contributed by atoms with Crippen molar-refractivity contribution in [3.63, 3.8) is 0 Å². The number of benzene rings is 2. The fraction of sp³-hybridized carbons (Fsp3) is 0.333. The van der Waals surface area contributed by atoms with Crippen LogP contribution in [0, 0.1) is 18.7 Å². The van der Waals surface area contributed by atoms with Crippen LogP contribution in [0.25, 0.3) is 4.96 Å². The molecule has 3 heterocycles. The van der Waals surface area contributed by atoms with Gasteiger partial charge in [0.1, 0.15) is 11.6 Å². The Kier molecular flexibility index (Phi) is 5.46. The Labute approximate surface area is 184 Å². The maximum Gasteiger partial charge on any atom is 0.230 e. The predicted octanol–water partition coefficient (Wildman–Crippen LogP) is 4.99. The number of aromatic hydroxyl groups is 1. The lowest BCUT2D eigenvalue weighted by atomic mass is 9.89. The van der Waals surface area contributed by atoms with E-state index in [1.807, 2.05) is 19.1 Å². The summed E-state index contributed by atoms with van der Waals surface area (Å²) in [6.07, 6.45) is 3.28. The van der Waals surface area contributed by atoms with Gasteiger partial charge in [-0.15, -0.1) is 5.10 Å². The van der Waals surface area contributed by atoms with Gasteiger partial charge < -0.3 is 5.11 Å². The van der Waals surface area contributed by atoms with Gasteiger partial charge in [0.25, 0.3) is 0 Å². The Balaban J connectivity index is 1.42. The second-order valence-electron chi connectivity index (χ2n) is 8.27. The van der Waals surface area contributed by atoms with Crippen molar-refractivity contribution in [3.05, 3.63) is 82.2 Å². The molecule has 1 N–H and O–H groups in total. The number of halogens is 1. The summed E-state index contributed by atoms with van der Waals surface area (Å²) in [5.41, 5.74) is 2.36.